The third-order valence-electron chi connectivity index (χ3n) is 2.37. The third kappa shape index (κ3) is 2.41. The number of hydrogen-bond acceptors (Lipinski definition) is 3. The molecule has 0 saturated heterocycles. The van der Waals surface area contributed by atoms with Crippen LogP contribution in [0.3, 0.4) is 0 Å². The number of nitrogens with zero attached hydrogens (tertiary/aromatic N) is 1. The quantitative estimate of drug-likeness (QED) is 0.878. The number of imidazole rings is 1. The zero-order chi connectivity index (χ0) is 12.4. The van der Waals surface area contributed by atoms with Crippen molar-refractivity contribution >= 4 is 28.8 Å². The first-order chi connectivity index (χ1) is 8.11. The Morgan fingerprint density at radius 2 is 2.35 bits per heavy atom. The number of rotatable bonds is 4. The summed E-state index contributed by atoms with van der Waals surface area (Å²) in [5, 5.41) is 8.97. The molecule has 2 aromatic rings. The molecule has 1 aromatic carbocycles. The maximum atomic E-state index is 13.2. The van der Waals surface area contributed by atoms with Gasteiger partial charge in [-0.15, -0.1) is 0 Å². The molecule has 90 valence electrons. The van der Waals surface area contributed by atoms with E-state index in [1.165, 1.54) is 6.07 Å². The van der Waals surface area contributed by atoms with E-state index in [1.807, 2.05) is 6.26 Å². The van der Waals surface area contributed by atoms with E-state index in [1.54, 1.807) is 11.8 Å². The summed E-state index contributed by atoms with van der Waals surface area (Å²) in [6.45, 7) is 0. The normalized spacial score (nSPS) is 10.9. The van der Waals surface area contributed by atoms with Crippen molar-refractivity contribution in [3.63, 3.8) is 0 Å². The Morgan fingerprint density at radius 1 is 1.59 bits per heavy atom. The highest BCUT2D eigenvalue weighted by Crippen LogP contribution is 2.19. The van der Waals surface area contributed by atoms with E-state index in [0.29, 0.717) is 23.3 Å². The smallest absolute Gasteiger partial charge is 0.338 e. The minimum absolute atomic E-state index is 0.105. The Bertz CT molecular complexity index is 568. The number of halogens is 1. The van der Waals surface area contributed by atoms with Crippen molar-refractivity contribution in [2.24, 2.45) is 0 Å². The molecular formula is C11H11FN2O2S. The van der Waals surface area contributed by atoms with E-state index >= 15 is 0 Å². The molecule has 0 amide bonds. The molecule has 1 aromatic heterocycles. The van der Waals surface area contributed by atoms with Crippen LogP contribution >= 0.6 is 11.8 Å². The lowest BCUT2D eigenvalue weighted by atomic mass is 10.2. The highest BCUT2D eigenvalue weighted by atomic mass is 32.2. The molecule has 6 heteroatoms. The minimum atomic E-state index is -1.17. The summed E-state index contributed by atoms with van der Waals surface area (Å²) in [6.07, 6.45) is 2.68. The number of benzene rings is 1. The van der Waals surface area contributed by atoms with Crippen molar-refractivity contribution in [3.05, 3.63) is 29.3 Å². The van der Waals surface area contributed by atoms with Crippen molar-refractivity contribution in [1.82, 2.24) is 9.97 Å². The largest absolute Gasteiger partial charge is 0.478 e. The second-order valence-electron chi connectivity index (χ2n) is 3.58. The van der Waals surface area contributed by atoms with Gasteiger partial charge in [0.1, 0.15) is 17.2 Å². The van der Waals surface area contributed by atoms with E-state index in [0.717, 1.165) is 11.8 Å². The van der Waals surface area contributed by atoms with E-state index in [2.05, 4.69) is 9.97 Å². The lowest BCUT2D eigenvalue weighted by Gasteiger charge is -1.95. The van der Waals surface area contributed by atoms with Crippen LogP contribution in [-0.4, -0.2) is 33.1 Å². The Labute approximate surface area is 101 Å². The van der Waals surface area contributed by atoms with Crippen LogP contribution in [0, 0.1) is 5.82 Å². The summed E-state index contributed by atoms with van der Waals surface area (Å²) in [5.41, 5.74) is 0.639. The van der Waals surface area contributed by atoms with Crippen molar-refractivity contribution in [1.29, 1.82) is 0 Å². The summed E-state index contributed by atoms with van der Waals surface area (Å²) in [5.74, 6) is -0.181. The number of fused-ring (bicyclic) bond motifs is 1. The van der Waals surface area contributed by atoms with Crippen LogP contribution in [0.1, 0.15) is 16.2 Å². The number of H-pyrrole nitrogens is 1. The second kappa shape index (κ2) is 4.75. The van der Waals surface area contributed by atoms with Gasteiger partial charge in [-0.25, -0.2) is 14.2 Å². The lowest BCUT2D eigenvalue weighted by Crippen LogP contribution is -1.98. The van der Waals surface area contributed by atoms with E-state index in [4.69, 9.17) is 5.11 Å². The van der Waals surface area contributed by atoms with Gasteiger partial charge in [0.05, 0.1) is 11.1 Å². The number of carboxylic acids is 1. The van der Waals surface area contributed by atoms with Crippen molar-refractivity contribution in [2.75, 3.05) is 12.0 Å². The van der Waals surface area contributed by atoms with Gasteiger partial charge in [0.15, 0.2) is 0 Å². The first-order valence-electron chi connectivity index (χ1n) is 5.02. The van der Waals surface area contributed by atoms with Gasteiger partial charge in [-0.05, 0) is 18.4 Å². The molecule has 0 unspecified atom stereocenters. The topological polar surface area (TPSA) is 66.0 Å². The molecule has 0 radical (unpaired) electrons. The molecule has 2 rings (SSSR count). The predicted molar refractivity (Wildman–Crippen MR) is 65.1 cm³/mol. The summed E-state index contributed by atoms with van der Waals surface area (Å²) in [6, 6.07) is 2.25. The van der Waals surface area contributed by atoms with Crippen molar-refractivity contribution < 1.29 is 14.3 Å². The lowest BCUT2D eigenvalue weighted by molar-refractivity contribution is 0.0698. The molecule has 0 aliphatic heterocycles. The molecular weight excluding hydrogens is 243 g/mol. The predicted octanol–water partition coefficient (Wildman–Crippen LogP) is 2.31. The second-order valence-corrected chi connectivity index (χ2v) is 4.57. The van der Waals surface area contributed by atoms with Crippen LogP contribution in [0.15, 0.2) is 12.1 Å². The van der Waals surface area contributed by atoms with Crippen LogP contribution in [0.5, 0.6) is 0 Å². The Kier molecular flexibility index (Phi) is 3.33. The van der Waals surface area contributed by atoms with Crippen LogP contribution in [0.4, 0.5) is 4.39 Å². The number of thioether (sulfide) groups is 1. The Balaban J connectivity index is 2.51. The third-order valence-corrected chi connectivity index (χ3v) is 2.99. The molecule has 0 aliphatic carbocycles. The Morgan fingerprint density at radius 3 is 3.00 bits per heavy atom. The van der Waals surface area contributed by atoms with Crippen molar-refractivity contribution in [3.8, 4) is 0 Å². The fourth-order valence-electron chi connectivity index (χ4n) is 1.61. The van der Waals surface area contributed by atoms with Crippen LogP contribution in [0.2, 0.25) is 0 Å². The summed E-state index contributed by atoms with van der Waals surface area (Å²) >= 11 is 1.67. The van der Waals surface area contributed by atoms with Gasteiger partial charge in [-0.3, -0.25) is 0 Å². The zero-order valence-corrected chi connectivity index (χ0v) is 9.97. The van der Waals surface area contributed by atoms with Gasteiger partial charge in [-0.1, -0.05) is 0 Å². The van der Waals surface area contributed by atoms with Crippen LogP contribution in [0.25, 0.3) is 11.0 Å². The van der Waals surface area contributed by atoms with Gasteiger partial charge in [-0.2, -0.15) is 11.8 Å². The average Bonchev–Trinajstić information content (AvgIpc) is 2.67. The number of carboxylic acid groups (broad SMARTS) is 1. The maximum absolute atomic E-state index is 13.2. The van der Waals surface area contributed by atoms with E-state index in [9.17, 15) is 9.18 Å². The average molecular weight is 254 g/mol. The number of aromatic carboxylic acids is 1. The molecule has 0 atom stereocenters. The SMILES string of the molecule is CSCCc1nc2c(C(=O)O)cc(F)cc2[nH]1. The molecule has 4 nitrogen and oxygen atoms in total. The number of hydrogen-bond donors (Lipinski definition) is 2. The Hall–Kier alpha value is -1.56. The standard InChI is InChI=1S/C11H11FN2O2S/c1-17-3-2-9-13-8-5-6(12)4-7(11(15)16)10(8)14-9/h4-5H,2-3H2,1H3,(H,13,14)(H,15,16). The first kappa shape index (κ1) is 11.9. The first-order valence-corrected chi connectivity index (χ1v) is 6.41. The summed E-state index contributed by atoms with van der Waals surface area (Å²) in [7, 11) is 0. The monoisotopic (exact) mass is 254 g/mol. The van der Waals surface area contributed by atoms with Gasteiger partial charge in [0.2, 0.25) is 0 Å². The number of carbonyl (C=O) groups is 1. The van der Waals surface area contributed by atoms with Crippen molar-refractivity contribution in [2.45, 2.75) is 6.42 Å². The molecule has 0 bridgehead atoms. The number of aromatic nitrogens is 2. The molecule has 0 aliphatic rings. The van der Waals surface area contributed by atoms with Crippen LogP contribution in [-0.2, 0) is 6.42 Å². The number of aryl methyl sites for hydroxylation is 1. The fraction of sp³-hybridized carbons (Fsp3) is 0.273. The molecule has 17 heavy (non-hydrogen) atoms. The molecule has 0 fully saturated rings. The zero-order valence-electron chi connectivity index (χ0n) is 9.16. The fourth-order valence-corrected chi connectivity index (χ4v) is 2.01. The van der Waals surface area contributed by atoms with E-state index < -0.39 is 11.8 Å². The number of aromatic amines is 1. The van der Waals surface area contributed by atoms with Gasteiger partial charge >= 0.3 is 5.97 Å². The van der Waals surface area contributed by atoms with Gasteiger partial charge < -0.3 is 10.1 Å². The molecule has 0 saturated carbocycles. The van der Waals surface area contributed by atoms with Crippen LogP contribution < -0.4 is 0 Å². The molecule has 2 N–H and O–H groups in total. The number of nitrogens with one attached hydrogen (secondary N) is 1. The minimum Gasteiger partial charge on any atom is -0.478 e. The molecule has 0 spiro atoms. The maximum Gasteiger partial charge on any atom is 0.338 e. The summed E-state index contributed by atoms with van der Waals surface area (Å²) in [4.78, 5) is 18.1. The van der Waals surface area contributed by atoms with Gasteiger partial charge in [0.25, 0.3) is 0 Å². The summed E-state index contributed by atoms with van der Waals surface area (Å²) < 4.78 is 13.2. The van der Waals surface area contributed by atoms with Gasteiger partial charge in [0, 0.05) is 12.2 Å². The van der Waals surface area contributed by atoms with E-state index in [-0.39, 0.29) is 5.56 Å². The highest BCUT2D eigenvalue weighted by molar-refractivity contribution is 7.98. The molecule has 1 heterocycles. The highest BCUT2D eigenvalue weighted by Gasteiger charge is 2.14.